The monoisotopic (exact) mass is 397 g/mol. The van der Waals surface area contributed by atoms with Crippen LogP contribution >= 0.6 is 0 Å². The van der Waals surface area contributed by atoms with E-state index < -0.39 is 11.9 Å². The smallest absolute Gasteiger partial charge is 0.258 e. The second kappa shape index (κ2) is 7.70. The van der Waals surface area contributed by atoms with E-state index in [2.05, 4.69) is 15.6 Å². The summed E-state index contributed by atoms with van der Waals surface area (Å²) in [5.41, 5.74) is 1.05. The predicted octanol–water partition coefficient (Wildman–Crippen LogP) is 1.78. The molecule has 150 valence electrons. The molecule has 0 saturated heterocycles. The summed E-state index contributed by atoms with van der Waals surface area (Å²) in [4.78, 5) is 29.3. The lowest BCUT2D eigenvalue weighted by Crippen LogP contribution is -2.47. The summed E-state index contributed by atoms with van der Waals surface area (Å²) >= 11 is 0. The SMILES string of the molecule is COc1ccc(OC)c(C2CC(=O)NC(NC(=O)c3ccc4c(c3)OCO4)=N2)c1. The molecule has 0 fully saturated rings. The van der Waals surface area contributed by atoms with Crippen LogP contribution in [0.15, 0.2) is 41.4 Å². The van der Waals surface area contributed by atoms with Gasteiger partial charge in [-0.05, 0) is 36.4 Å². The van der Waals surface area contributed by atoms with Gasteiger partial charge >= 0.3 is 0 Å². The van der Waals surface area contributed by atoms with Gasteiger partial charge in [-0.3, -0.25) is 20.2 Å². The number of rotatable bonds is 4. The molecule has 1 atom stereocenters. The third kappa shape index (κ3) is 3.79. The molecule has 29 heavy (non-hydrogen) atoms. The van der Waals surface area contributed by atoms with Gasteiger partial charge in [-0.15, -0.1) is 0 Å². The fourth-order valence-electron chi connectivity index (χ4n) is 3.15. The van der Waals surface area contributed by atoms with Crippen molar-refractivity contribution in [2.75, 3.05) is 21.0 Å². The molecule has 0 saturated carbocycles. The Morgan fingerprint density at radius 1 is 1.14 bits per heavy atom. The lowest BCUT2D eigenvalue weighted by molar-refractivity contribution is -0.120. The Morgan fingerprint density at radius 3 is 2.76 bits per heavy atom. The normalized spacial score (nSPS) is 17.2. The zero-order valence-corrected chi connectivity index (χ0v) is 15.9. The van der Waals surface area contributed by atoms with Crippen LogP contribution in [0.2, 0.25) is 0 Å². The lowest BCUT2D eigenvalue weighted by Gasteiger charge is -2.23. The van der Waals surface area contributed by atoms with Crippen LogP contribution in [0.5, 0.6) is 23.0 Å². The molecule has 0 spiro atoms. The topological polar surface area (TPSA) is 107 Å². The molecule has 2 aliphatic rings. The zero-order valence-electron chi connectivity index (χ0n) is 15.9. The van der Waals surface area contributed by atoms with Crippen molar-refractivity contribution in [3.63, 3.8) is 0 Å². The van der Waals surface area contributed by atoms with E-state index in [1.807, 2.05) is 0 Å². The van der Waals surface area contributed by atoms with Crippen molar-refractivity contribution >= 4 is 17.8 Å². The van der Waals surface area contributed by atoms with Crippen molar-refractivity contribution in [1.29, 1.82) is 0 Å². The highest BCUT2D eigenvalue weighted by Gasteiger charge is 2.27. The van der Waals surface area contributed by atoms with Crippen LogP contribution < -0.4 is 29.6 Å². The fraction of sp³-hybridized carbons (Fsp3) is 0.250. The van der Waals surface area contributed by atoms with Gasteiger partial charge in [-0.25, -0.2) is 4.99 Å². The number of hydrogen-bond donors (Lipinski definition) is 2. The number of hydrogen-bond acceptors (Lipinski definition) is 7. The van der Waals surface area contributed by atoms with Crippen LogP contribution in [0.4, 0.5) is 0 Å². The van der Waals surface area contributed by atoms with E-state index in [4.69, 9.17) is 18.9 Å². The van der Waals surface area contributed by atoms with Gasteiger partial charge in [0.2, 0.25) is 18.7 Å². The van der Waals surface area contributed by atoms with Crippen LogP contribution in [-0.4, -0.2) is 38.8 Å². The molecule has 2 heterocycles. The first kappa shape index (κ1) is 18.6. The number of ether oxygens (including phenoxy) is 4. The van der Waals surface area contributed by atoms with Crippen LogP contribution in [0.25, 0.3) is 0 Å². The summed E-state index contributed by atoms with van der Waals surface area (Å²) in [5.74, 6) is 1.64. The molecule has 0 radical (unpaired) electrons. The number of fused-ring (bicyclic) bond motifs is 1. The minimum atomic E-state index is -0.527. The van der Waals surface area contributed by atoms with E-state index in [-0.39, 0.29) is 25.1 Å². The third-order valence-electron chi connectivity index (χ3n) is 4.58. The standard InChI is InChI=1S/C20H19N3O6/c1-26-12-4-6-15(27-2)13(8-12)14-9-18(24)22-20(21-14)23-19(25)11-3-5-16-17(7-11)29-10-28-16/h3-8,14H,9-10H2,1-2H3,(H2,21,22,23,24,25). The van der Waals surface area contributed by atoms with Crippen molar-refractivity contribution in [1.82, 2.24) is 10.6 Å². The number of nitrogens with zero attached hydrogens (tertiary/aromatic N) is 1. The van der Waals surface area contributed by atoms with E-state index >= 15 is 0 Å². The number of carbonyl (C=O) groups is 2. The maximum atomic E-state index is 12.6. The predicted molar refractivity (Wildman–Crippen MR) is 103 cm³/mol. The Morgan fingerprint density at radius 2 is 1.97 bits per heavy atom. The van der Waals surface area contributed by atoms with Gasteiger partial charge in [-0.2, -0.15) is 0 Å². The van der Waals surface area contributed by atoms with Gasteiger partial charge in [0.1, 0.15) is 11.5 Å². The van der Waals surface area contributed by atoms with E-state index in [9.17, 15) is 9.59 Å². The quantitative estimate of drug-likeness (QED) is 0.814. The highest BCUT2D eigenvalue weighted by molar-refractivity contribution is 6.10. The van der Waals surface area contributed by atoms with Crippen molar-refractivity contribution < 1.29 is 28.5 Å². The second-order valence-electron chi connectivity index (χ2n) is 6.38. The number of benzene rings is 2. The molecule has 0 bridgehead atoms. The summed E-state index contributed by atoms with van der Waals surface area (Å²) in [6.07, 6.45) is 0.118. The summed E-state index contributed by atoms with van der Waals surface area (Å²) in [7, 11) is 3.10. The van der Waals surface area contributed by atoms with Gasteiger partial charge in [0.05, 0.1) is 26.7 Å². The second-order valence-corrected chi connectivity index (χ2v) is 6.38. The third-order valence-corrected chi connectivity index (χ3v) is 4.58. The highest BCUT2D eigenvalue weighted by atomic mass is 16.7. The summed E-state index contributed by atoms with van der Waals surface area (Å²) < 4.78 is 21.2. The first-order chi connectivity index (χ1) is 14.1. The Labute approximate surface area is 166 Å². The van der Waals surface area contributed by atoms with Gasteiger partial charge in [-0.1, -0.05) is 0 Å². The Kier molecular flexibility index (Phi) is 4.94. The maximum Gasteiger partial charge on any atom is 0.258 e. The van der Waals surface area contributed by atoms with Crippen molar-refractivity contribution in [3.8, 4) is 23.0 Å². The zero-order chi connectivity index (χ0) is 20.4. The molecule has 4 rings (SSSR count). The van der Waals surface area contributed by atoms with Crippen LogP contribution in [0.3, 0.4) is 0 Å². The minimum absolute atomic E-state index is 0.0683. The molecule has 2 N–H and O–H groups in total. The van der Waals surface area contributed by atoms with Crippen molar-refractivity contribution in [2.24, 2.45) is 4.99 Å². The number of guanidine groups is 1. The van der Waals surface area contributed by atoms with E-state index in [0.717, 1.165) is 0 Å². The maximum absolute atomic E-state index is 12.6. The van der Waals surface area contributed by atoms with Crippen molar-refractivity contribution in [3.05, 3.63) is 47.5 Å². The Hall–Kier alpha value is -3.75. The van der Waals surface area contributed by atoms with Crippen molar-refractivity contribution in [2.45, 2.75) is 12.5 Å². The Balaban J connectivity index is 1.58. The molecule has 0 aliphatic carbocycles. The molecule has 9 nitrogen and oxygen atoms in total. The minimum Gasteiger partial charge on any atom is -0.497 e. The average Bonchev–Trinajstić information content (AvgIpc) is 3.20. The lowest BCUT2D eigenvalue weighted by atomic mass is 10.0. The summed E-state index contributed by atoms with van der Waals surface area (Å²) in [6, 6.07) is 9.59. The number of aliphatic imine (C=N–C) groups is 1. The summed E-state index contributed by atoms with van der Waals surface area (Å²) in [5, 5.41) is 5.22. The molecule has 2 aromatic carbocycles. The molecule has 2 aliphatic heterocycles. The molecule has 9 heteroatoms. The molecule has 2 amide bonds. The Bertz CT molecular complexity index is 1000. The molecule has 2 aromatic rings. The van der Waals surface area contributed by atoms with E-state index in [0.29, 0.717) is 34.1 Å². The van der Waals surface area contributed by atoms with Crippen LogP contribution in [0.1, 0.15) is 28.4 Å². The number of amides is 2. The molecular formula is C20H19N3O6. The van der Waals surface area contributed by atoms with Gasteiger partial charge in [0.15, 0.2) is 11.5 Å². The van der Waals surface area contributed by atoms with Crippen LogP contribution in [0, 0.1) is 0 Å². The van der Waals surface area contributed by atoms with E-state index in [1.165, 1.54) is 0 Å². The van der Waals surface area contributed by atoms with Gasteiger partial charge < -0.3 is 18.9 Å². The largest absolute Gasteiger partial charge is 0.497 e. The fourth-order valence-corrected chi connectivity index (χ4v) is 3.15. The molecule has 1 unspecified atom stereocenters. The average molecular weight is 397 g/mol. The van der Waals surface area contributed by atoms with Gasteiger partial charge in [0.25, 0.3) is 5.91 Å². The molecule has 0 aromatic heterocycles. The number of nitrogens with one attached hydrogen (secondary N) is 2. The summed E-state index contributed by atoms with van der Waals surface area (Å²) in [6.45, 7) is 0.118. The first-order valence-corrected chi connectivity index (χ1v) is 8.88. The number of methoxy groups -OCH3 is 2. The molecular weight excluding hydrogens is 378 g/mol. The first-order valence-electron chi connectivity index (χ1n) is 8.88. The number of carbonyl (C=O) groups excluding carboxylic acids is 2. The highest BCUT2D eigenvalue weighted by Crippen LogP contribution is 2.35. The van der Waals surface area contributed by atoms with Gasteiger partial charge in [0, 0.05) is 11.1 Å². The van der Waals surface area contributed by atoms with Crippen LogP contribution in [-0.2, 0) is 4.79 Å². The van der Waals surface area contributed by atoms with E-state index in [1.54, 1.807) is 50.6 Å².